The van der Waals surface area contributed by atoms with Crippen LogP contribution in [0.4, 0.5) is 0 Å². The minimum absolute atomic E-state index is 0.0633. The second-order valence-electron chi connectivity index (χ2n) is 5.06. The first-order chi connectivity index (χ1) is 9.13. The summed E-state index contributed by atoms with van der Waals surface area (Å²) in [5, 5.41) is 3.79. The Hall–Kier alpha value is -1.40. The normalized spacial score (nSPS) is 22.2. The van der Waals surface area contributed by atoms with Crippen molar-refractivity contribution >= 4 is 32.9 Å². The Bertz CT molecular complexity index is 618. The van der Waals surface area contributed by atoms with Crippen LogP contribution in [0.25, 0.3) is 11.0 Å². The van der Waals surface area contributed by atoms with Crippen molar-refractivity contribution in [3.63, 3.8) is 0 Å². The van der Waals surface area contributed by atoms with Gasteiger partial charge in [0.2, 0.25) is 0 Å². The molecule has 0 bridgehead atoms. The molecule has 100 valence electrons. The highest BCUT2D eigenvalue weighted by Crippen LogP contribution is 2.25. The lowest BCUT2D eigenvalue weighted by atomic mass is 9.81. The molecule has 6 heteroatoms. The van der Waals surface area contributed by atoms with Gasteiger partial charge in [-0.2, -0.15) is 0 Å². The van der Waals surface area contributed by atoms with E-state index in [0.29, 0.717) is 24.1 Å². The molecule has 1 saturated carbocycles. The number of hydrogen-bond acceptors (Lipinski definition) is 3. The molecule has 0 atom stereocenters. The predicted octanol–water partition coefficient (Wildman–Crippen LogP) is 1.79. The Labute approximate surface area is 119 Å². The standard InChI is InChI=1S/C13H15BrN4O/c14-8-3-10-11(6-17-12(10)16-5-8)13(19)18-4-7-1-9(15)2-7/h3,5-7,9H,1-2,4,15H2,(H,16,17)(H,18,19). The van der Waals surface area contributed by atoms with Gasteiger partial charge in [0, 0.05) is 34.8 Å². The third kappa shape index (κ3) is 2.50. The van der Waals surface area contributed by atoms with E-state index in [0.717, 1.165) is 28.3 Å². The van der Waals surface area contributed by atoms with Crippen LogP contribution in [-0.4, -0.2) is 28.5 Å². The van der Waals surface area contributed by atoms with Gasteiger partial charge in [-0.1, -0.05) is 0 Å². The molecule has 0 aromatic carbocycles. The van der Waals surface area contributed by atoms with Crippen LogP contribution in [0.5, 0.6) is 0 Å². The molecule has 1 fully saturated rings. The van der Waals surface area contributed by atoms with Crippen molar-refractivity contribution in [2.45, 2.75) is 18.9 Å². The van der Waals surface area contributed by atoms with Crippen molar-refractivity contribution in [1.29, 1.82) is 0 Å². The van der Waals surface area contributed by atoms with E-state index in [1.807, 2.05) is 6.07 Å². The van der Waals surface area contributed by atoms with Gasteiger partial charge in [-0.05, 0) is 40.8 Å². The lowest BCUT2D eigenvalue weighted by Gasteiger charge is -2.32. The van der Waals surface area contributed by atoms with Crippen molar-refractivity contribution in [1.82, 2.24) is 15.3 Å². The highest BCUT2D eigenvalue weighted by Gasteiger charge is 2.26. The molecule has 3 rings (SSSR count). The molecule has 0 spiro atoms. The molecule has 1 aliphatic rings. The zero-order valence-electron chi connectivity index (χ0n) is 10.3. The van der Waals surface area contributed by atoms with Gasteiger partial charge in [0.25, 0.3) is 5.91 Å². The number of amides is 1. The smallest absolute Gasteiger partial charge is 0.253 e. The van der Waals surface area contributed by atoms with Crippen molar-refractivity contribution < 1.29 is 4.79 Å². The van der Waals surface area contributed by atoms with Gasteiger partial charge < -0.3 is 16.0 Å². The van der Waals surface area contributed by atoms with E-state index in [2.05, 4.69) is 31.2 Å². The number of aromatic amines is 1. The summed E-state index contributed by atoms with van der Waals surface area (Å²) in [5.74, 6) is 0.459. The van der Waals surface area contributed by atoms with Crippen molar-refractivity contribution in [2.24, 2.45) is 11.7 Å². The van der Waals surface area contributed by atoms with E-state index in [1.54, 1.807) is 12.4 Å². The molecule has 0 radical (unpaired) electrons. The van der Waals surface area contributed by atoms with Crippen LogP contribution in [0, 0.1) is 5.92 Å². The number of nitrogens with one attached hydrogen (secondary N) is 2. The first-order valence-electron chi connectivity index (χ1n) is 6.30. The van der Waals surface area contributed by atoms with Crippen LogP contribution in [0.3, 0.4) is 0 Å². The van der Waals surface area contributed by atoms with Crippen LogP contribution in [-0.2, 0) is 0 Å². The second-order valence-corrected chi connectivity index (χ2v) is 5.98. The molecule has 4 N–H and O–H groups in total. The number of hydrogen-bond donors (Lipinski definition) is 3. The van der Waals surface area contributed by atoms with Crippen molar-refractivity contribution in [3.8, 4) is 0 Å². The van der Waals surface area contributed by atoms with Gasteiger partial charge in [-0.25, -0.2) is 4.98 Å². The largest absolute Gasteiger partial charge is 0.352 e. The number of rotatable bonds is 3. The maximum atomic E-state index is 12.2. The number of fused-ring (bicyclic) bond motifs is 1. The third-order valence-corrected chi connectivity index (χ3v) is 4.00. The fraction of sp³-hybridized carbons (Fsp3) is 0.385. The molecule has 0 unspecified atom stereocenters. The summed E-state index contributed by atoms with van der Waals surface area (Å²) in [7, 11) is 0. The molecular formula is C13H15BrN4O. The monoisotopic (exact) mass is 322 g/mol. The van der Waals surface area contributed by atoms with Crippen molar-refractivity contribution in [2.75, 3.05) is 6.54 Å². The summed E-state index contributed by atoms with van der Waals surface area (Å²) in [6.07, 6.45) is 5.41. The minimum atomic E-state index is -0.0633. The lowest BCUT2D eigenvalue weighted by molar-refractivity contribution is 0.0937. The fourth-order valence-electron chi connectivity index (χ4n) is 2.45. The number of nitrogens with two attached hydrogens (primary N) is 1. The molecule has 1 aliphatic carbocycles. The number of carbonyl (C=O) groups excluding carboxylic acids is 1. The zero-order chi connectivity index (χ0) is 13.4. The first kappa shape index (κ1) is 12.6. The van der Waals surface area contributed by atoms with Gasteiger partial charge in [-0.15, -0.1) is 0 Å². The Morgan fingerprint density at radius 1 is 1.58 bits per heavy atom. The molecule has 2 aromatic rings. The lowest BCUT2D eigenvalue weighted by Crippen LogP contribution is -2.42. The maximum absolute atomic E-state index is 12.2. The quantitative estimate of drug-likeness (QED) is 0.805. The Balaban J connectivity index is 1.72. The molecule has 0 aliphatic heterocycles. The zero-order valence-corrected chi connectivity index (χ0v) is 11.9. The molecule has 0 saturated heterocycles. The fourth-order valence-corrected chi connectivity index (χ4v) is 2.78. The van der Waals surface area contributed by atoms with Crippen LogP contribution >= 0.6 is 15.9 Å². The van der Waals surface area contributed by atoms with E-state index in [4.69, 9.17) is 5.73 Å². The van der Waals surface area contributed by atoms with Crippen molar-refractivity contribution in [3.05, 3.63) is 28.5 Å². The van der Waals surface area contributed by atoms with Crippen LogP contribution in [0.1, 0.15) is 23.2 Å². The number of halogens is 1. The number of nitrogens with zero attached hydrogens (tertiary/aromatic N) is 1. The average molecular weight is 323 g/mol. The van der Waals surface area contributed by atoms with Gasteiger partial charge >= 0.3 is 0 Å². The summed E-state index contributed by atoms with van der Waals surface area (Å²) >= 11 is 3.37. The summed E-state index contributed by atoms with van der Waals surface area (Å²) in [5.41, 5.74) is 7.08. The van der Waals surface area contributed by atoms with E-state index < -0.39 is 0 Å². The SMILES string of the molecule is NC1CC(CNC(=O)c2c[nH]c3ncc(Br)cc23)C1. The Morgan fingerprint density at radius 3 is 3.11 bits per heavy atom. The molecule has 1 amide bonds. The van der Waals surface area contributed by atoms with E-state index >= 15 is 0 Å². The molecule has 2 heterocycles. The molecular weight excluding hydrogens is 308 g/mol. The number of pyridine rings is 1. The van der Waals surface area contributed by atoms with Gasteiger partial charge in [-0.3, -0.25) is 4.79 Å². The topological polar surface area (TPSA) is 83.8 Å². The summed E-state index contributed by atoms with van der Waals surface area (Å²) in [6.45, 7) is 0.695. The Morgan fingerprint density at radius 2 is 2.37 bits per heavy atom. The van der Waals surface area contributed by atoms with Crippen LogP contribution < -0.4 is 11.1 Å². The minimum Gasteiger partial charge on any atom is -0.352 e. The molecule has 5 nitrogen and oxygen atoms in total. The average Bonchev–Trinajstić information content (AvgIpc) is 2.75. The third-order valence-electron chi connectivity index (χ3n) is 3.57. The van der Waals surface area contributed by atoms with Crippen LogP contribution in [0.15, 0.2) is 22.9 Å². The molecule has 2 aromatic heterocycles. The van der Waals surface area contributed by atoms with Crippen LogP contribution in [0.2, 0.25) is 0 Å². The molecule has 19 heavy (non-hydrogen) atoms. The second kappa shape index (κ2) is 4.94. The maximum Gasteiger partial charge on any atom is 0.253 e. The first-order valence-corrected chi connectivity index (χ1v) is 7.09. The van der Waals surface area contributed by atoms with E-state index in [1.165, 1.54) is 0 Å². The van der Waals surface area contributed by atoms with E-state index in [-0.39, 0.29) is 5.91 Å². The van der Waals surface area contributed by atoms with E-state index in [9.17, 15) is 4.79 Å². The van der Waals surface area contributed by atoms with Gasteiger partial charge in [0.05, 0.1) is 5.56 Å². The Kier molecular flexibility index (Phi) is 3.28. The summed E-state index contributed by atoms with van der Waals surface area (Å²) < 4.78 is 0.860. The highest BCUT2D eigenvalue weighted by atomic mass is 79.9. The van der Waals surface area contributed by atoms with Gasteiger partial charge in [0.1, 0.15) is 5.65 Å². The summed E-state index contributed by atoms with van der Waals surface area (Å²) in [4.78, 5) is 19.4. The van der Waals surface area contributed by atoms with Gasteiger partial charge in [0.15, 0.2) is 0 Å². The highest BCUT2D eigenvalue weighted by molar-refractivity contribution is 9.10. The number of H-pyrrole nitrogens is 1. The predicted molar refractivity (Wildman–Crippen MR) is 76.8 cm³/mol. The number of aromatic nitrogens is 2. The number of carbonyl (C=O) groups is 1. The summed E-state index contributed by atoms with van der Waals surface area (Å²) in [6, 6.07) is 2.21.